The Kier molecular flexibility index (Phi) is 4.11. The number of hydrogen-bond donors (Lipinski definition) is 1. The van der Waals surface area contributed by atoms with Crippen LogP contribution in [-0.2, 0) is 13.0 Å². The number of aromatic nitrogens is 3. The van der Waals surface area contributed by atoms with Crippen LogP contribution < -0.4 is 5.32 Å². The molecule has 4 nitrogen and oxygen atoms in total. The summed E-state index contributed by atoms with van der Waals surface area (Å²) in [5.74, 6) is 0.899. The predicted molar refractivity (Wildman–Crippen MR) is 79.8 cm³/mol. The van der Waals surface area contributed by atoms with Gasteiger partial charge in [0.05, 0.1) is 17.6 Å². The van der Waals surface area contributed by atoms with Gasteiger partial charge in [-0.1, -0.05) is 30.7 Å². The number of benzene rings is 1. The quantitative estimate of drug-likeness (QED) is 0.841. The Bertz CT molecular complexity index is 540. The summed E-state index contributed by atoms with van der Waals surface area (Å²) in [5.41, 5.74) is 3.46. The van der Waals surface area contributed by atoms with Crippen LogP contribution >= 0.6 is 0 Å². The van der Waals surface area contributed by atoms with Gasteiger partial charge >= 0.3 is 0 Å². The molecule has 106 valence electrons. The summed E-state index contributed by atoms with van der Waals surface area (Å²) in [7, 11) is 0. The highest BCUT2D eigenvalue weighted by Crippen LogP contribution is 2.27. The Labute approximate surface area is 120 Å². The summed E-state index contributed by atoms with van der Waals surface area (Å²) in [6.07, 6.45) is 7.08. The SMILES string of the molecule is CCCc1ccc(-n2cc(CNCC3CC3)nn2)cc1. The normalized spacial score (nSPS) is 14.7. The van der Waals surface area contributed by atoms with E-state index >= 15 is 0 Å². The fourth-order valence-electron chi connectivity index (χ4n) is 2.34. The van der Waals surface area contributed by atoms with Gasteiger partial charge < -0.3 is 5.32 Å². The van der Waals surface area contributed by atoms with Crippen molar-refractivity contribution in [1.82, 2.24) is 20.3 Å². The van der Waals surface area contributed by atoms with Crippen LogP contribution in [0, 0.1) is 5.92 Å². The fraction of sp³-hybridized carbons (Fsp3) is 0.500. The molecule has 1 fully saturated rings. The van der Waals surface area contributed by atoms with Crippen LogP contribution in [0.3, 0.4) is 0 Å². The van der Waals surface area contributed by atoms with E-state index in [9.17, 15) is 0 Å². The van der Waals surface area contributed by atoms with Crippen molar-refractivity contribution < 1.29 is 0 Å². The van der Waals surface area contributed by atoms with Gasteiger partial charge in [0.15, 0.2) is 0 Å². The Hall–Kier alpha value is -1.68. The van der Waals surface area contributed by atoms with Gasteiger partial charge in [0.25, 0.3) is 0 Å². The van der Waals surface area contributed by atoms with Crippen molar-refractivity contribution in [2.75, 3.05) is 6.54 Å². The molecule has 0 spiro atoms. The van der Waals surface area contributed by atoms with Crippen LogP contribution in [0.15, 0.2) is 30.5 Å². The zero-order valence-corrected chi connectivity index (χ0v) is 12.0. The van der Waals surface area contributed by atoms with Gasteiger partial charge in [0.2, 0.25) is 0 Å². The number of rotatable bonds is 7. The van der Waals surface area contributed by atoms with E-state index in [0.717, 1.165) is 36.8 Å². The van der Waals surface area contributed by atoms with E-state index < -0.39 is 0 Å². The molecular weight excluding hydrogens is 248 g/mol. The van der Waals surface area contributed by atoms with E-state index in [2.05, 4.69) is 46.8 Å². The molecule has 0 aliphatic heterocycles. The molecule has 3 rings (SSSR count). The smallest absolute Gasteiger partial charge is 0.0969 e. The van der Waals surface area contributed by atoms with Crippen molar-refractivity contribution in [2.24, 2.45) is 5.92 Å². The van der Waals surface area contributed by atoms with Gasteiger partial charge in [-0.05, 0) is 49.4 Å². The van der Waals surface area contributed by atoms with Gasteiger partial charge in [-0.15, -0.1) is 5.10 Å². The molecule has 1 aliphatic rings. The highest BCUT2D eigenvalue weighted by Gasteiger charge is 2.20. The van der Waals surface area contributed by atoms with E-state index in [-0.39, 0.29) is 0 Å². The highest BCUT2D eigenvalue weighted by atomic mass is 15.4. The Morgan fingerprint density at radius 1 is 1.25 bits per heavy atom. The largest absolute Gasteiger partial charge is 0.311 e. The minimum atomic E-state index is 0.810. The third-order valence-electron chi connectivity index (χ3n) is 3.72. The lowest BCUT2D eigenvalue weighted by molar-refractivity contribution is 0.628. The first kappa shape index (κ1) is 13.3. The first-order valence-corrected chi connectivity index (χ1v) is 7.56. The predicted octanol–water partition coefficient (Wildman–Crippen LogP) is 2.72. The molecule has 0 saturated heterocycles. The topological polar surface area (TPSA) is 42.7 Å². The zero-order chi connectivity index (χ0) is 13.8. The zero-order valence-electron chi connectivity index (χ0n) is 12.0. The highest BCUT2D eigenvalue weighted by molar-refractivity contribution is 5.33. The summed E-state index contributed by atoms with van der Waals surface area (Å²) in [4.78, 5) is 0. The van der Waals surface area contributed by atoms with E-state index in [1.54, 1.807) is 0 Å². The first-order chi connectivity index (χ1) is 9.85. The lowest BCUT2D eigenvalue weighted by Gasteiger charge is -2.02. The molecule has 0 radical (unpaired) electrons. The third kappa shape index (κ3) is 3.45. The average molecular weight is 270 g/mol. The minimum absolute atomic E-state index is 0.810. The van der Waals surface area contributed by atoms with Crippen molar-refractivity contribution in [2.45, 2.75) is 39.2 Å². The van der Waals surface area contributed by atoms with Crippen LogP contribution in [0.25, 0.3) is 5.69 Å². The van der Waals surface area contributed by atoms with Crippen LogP contribution in [0.5, 0.6) is 0 Å². The second-order valence-electron chi connectivity index (χ2n) is 5.65. The lowest BCUT2D eigenvalue weighted by Crippen LogP contribution is -2.16. The Morgan fingerprint density at radius 3 is 2.75 bits per heavy atom. The number of nitrogens with one attached hydrogen (secondary N) is 1. The molecule has 1 N–H and O–H groups in total. The van der Waals surface area contributed by atoms with E-state index in [1.807, 2.05) is 10.9 Å². The molecular formula is C16H22N4. The van der Waals surface area contributed by atoms with Crippen molar-refractivity contribution in [1.29, 1.82) is 0 Å². The van der Waals surface area contributed by atoms with E-state index in [1.165, 1.54) is 24.8 Å². The lowest BCUT2D eigenvalue weighted by atomic mass is 10.1. The molecule has 1 aliphatic carbocycles. The van der Waals surface area contributed by atoms with Gasteiger partial charge in [0.1, 0.15) is 0 Å². The summed E-state index contributed by atoms with van der Waals surface area (Å²) in [5, 5.41) is 11.9. The molecule has 0 bridgehead atoms. The molecule has 2 aromatic rings. The minimum Gasteiger partial charge on any atom is -0.311 e. The summed E-state index contributed by atoms with van der Waals surface area (Å²) < 4.78 is 1.85. The summed E-state index contributed by atoms with van der Waals surface area (Å²) >= 11 is 0. The summed E-state index contributed by atoms with van der Waals surface area (Å²) in [6.45, 7) is 4.12. The molecule has 1 aromatic heterocycles. The average Bonchev–Trinajstić information content (AvgIpc) is 3.17. The number of nitrogens with zero attached hydrogens (tertiary/aromatic N) is 3. The second kappa shape index (κ2) is 6.18. The molecule has 1 saturated carbocycles. The standard InChI is InChI=1S/C16H22N4/c1-2-3-13-6-8-16(9-7-13)20-12-15(18-19-20)11-17-10-14-4-5-14/h6-9,12,14,17H,2-5,10-11H2,1H3. The van der Waals surface area contributed by atoms with Crippen molar-refractivity contribution in [3.8, 4) is 5.69 Å². The van der Waals surface area contributed by atoms with Crippen LogP contribution in [0.4, 0.5) is 0 Å². The fourth-order valence-corrected chi connectivity index (χ4v) is 2.34. The van der Waals surface area contributed by atoms with Gasteiger partial charge in [-0.25, -0.2) is 4.68 Å². The van der Waals surface area contributed by atoms with Gasteiger partial charge in [-0.2, -0.15) is 0 Å². The van der Waals surface area contributed by atoms with Crippen molar-refractivity contribution >= 4 is 0 Å². The van der Waals surface area contributed by atoms with Crippen LogP contribution in [-0.4, -0.2) is 21.5 Å². The number of aryl methyl sites for hydroxylation is 1. The molecule has 0 amide bonds. The molecule has 4 heteroatoms. The molecule has 0 unspecified atom stereocenters. The monoisotopic (exact) mass is 270 g/mol. The second-order valence-corrected chi connectivity index (χ2v) is 5.65. The van der Waals surface area contributed by atoms with Gasteiger partial charge in [-0.3, -0.25) is 0 Å². The maximum Gasteiger partial charge on any atom is 0.0969 e. The van der Waals surface area contributed by atoms with Crippen LogP contribution in [0.2, 0.25) is 0 Å². The molecule has 20 heavy (non-hydrogen) atoms. The van der Waals surface area contributed by atoms with E-state index in [0.29, 0.717) is 0 Å². The Morgan fingerprint density at radius 2 is 2.05 bits per heavy atom. The maximum atomic E-state index is 4.22. The van der Waals surface area contributed by atoms with Crippen molar-refractivity contribution in [3.63, 3.8) is 0 Å². The van der Waals surface area contributed by atoms with Crippen LogP contribution in [0.1, 0.15) is 37.4 Å². The van der Waals surface area contributed by atoms with Crippen molar-refractivity contribution in [3.05, 3.63) is 41.7 Å². The Balaban J connectivity index is 1.59. The van der Waals surface area contributed by atoms with E-state index in [4.69, 9.17) is 0 Å². The number of hydrogen-bond acceptors (Lipinski definition) is 3. The maximum absolute atomic E-state index is 4.22. The van der Waals surface area contributed by atoms with Gasteiger partial charge in [0, 0.05) is 6.54 Å². The third-order valence-corrected chi connectivity index (χ3v) is 3.72. The summed E-state index contributed by atoms with van der Waals surface area (Å²) in [6, 6.07) is 8.57. The molecule has 1 heterocycles. The molecule has 1 aromatic carbocycles. The first-order valence-electron chi connectivity index (χ1n) is 7.56. The molecule has 0 atom stereocenters.